The van der Waals surface area contributed by atoms with Crippen molar-refractivity contribution >= 4 is 5.82 Å². The van der Waals surface area contributed by atoms with Gasteiger partial charge in [0.25, 0.3) is 0 Å². The molecule has 110 valence electrons. The summed E-state index contributed by atoms with van der Waals surface area (Å²) in [7, 11) is 0. The van der Waals surface area contributed by atoms with Crippen LogP contribution in [0.5, 0.6) is 0 Å². The summed E-state index contributed by atoms with van der Waals surface area (Å²) in [5, 5.41) is 10.2. The molecule has 0 bridgehead atoms. The number of nitrogens with one attached hydrogen (secondary N) is 1. The third-order valence-electron chi connectivity index (χ3n) is 2.12. The van der Waals surface area contributed by atoms with E-state index in [0.29, 0.717) is 12.1 Å². The van der Waals surface area contributed by atoms with E-state index in [4.69, 9.17) is 5.26 Å². The molecule has 0 aliphatic heterocycles. The predicted octanol–water partition coefficient (Wildman–Crippen LogP) is 3.28. The van der Waals surface area contributed by atoms with Gasteiger partial charge in [0.05, 0.1) is 12.1 Å². The van der Waals surface area contributed by atoms with Crippen LogP contribution in [0.1, 0.15) is 11.3 Å². The van der Waals surface area contributed by atoms with Gasteiger partial charge in [0.1, 0.15) is 17.6 Å². The van der Waals surface area contributed by atoms with Crippen LogP contribution in [-0.4, -0.2) is 23.9 Å². The maximum absolute atomic E-state index is 12.7. The van der Waals surface area contributed by atoms with Crippen molar-refractivity contribution in [3.63, 3.8) is 0 Å². The highest BCUT2D eigenvalue weighted by molar-refractivity contribution is 5.52. The minimum Gasteiger partial charge on any atom is -0.363 e. The van der Waals surface area contributed by atoms with Crippen LogP contribution in [0.3, 0.4) is 0 Å². The largest absolute Gasteiger partial charge is 0.433 e. The molecule has 1 heterocycles. The molecule has 0 aromatic carbocycles. The van der Waals surface area contributed by atoms with E-state index in [0.717, 1.165) is 0 Å². The Labute approximate surface area is 108 Å². The van der Waals surface area contributed by atoms with E-state index in [1.54, 1.807) is 5.32 Å². The van der Waals surface area contributed by atoms with Crippen molar-refractivity contribution in [1.82, 2.24) is 4.98 Å². The van der Waals surface area contributed by atoms with E-state index in [2.05, 4.69) is 4.98 Å². The van der Waals surface area contributed by atoms with Crippen molar-refractivity contribution in [2.45, 2.75) is 18.5 Å². The third kappa shape index (κ3) is 3.72. The van der Waals surface area contributed by atoms with Crippen LogP contribution in [-0.2, 0) is 6.18 Å². The topological polar surface area (TPSA) is 48.7 Å². The summed E-state index contributed by atoms with van der Waals surface area (Å²) < 4.78 is 86.2. The Bertz CT molecular complexity index is 519. The zero-order chi connectivity index (χ0) is 15.6. The fourth-order valence-electron chi connectivity index (χ4n) is 1.12. The van der Waals surface area contributed by atoms with Crippen molar-refractivity contribution < 1.29 is 30.7 Å². The van der Waals surface area contributed by atoms with Gasteiger partial charge in [-0.15, -0.1) is 0 Å². The standard InChI is InChI=1S/C10H6F7N3/c11-8(12)9(13,14)4-19-7-5(3-18)1-2-6(20-7)10(15,16)17/h1-2,8H,4H2,(H,19,20). The molecule has 0 amide bonds. The van der Waals surface area contributed by atoms with Gasteiger partial charge in [0.15, 0.2) is 0 Å². The first-order valence-corrected chi connectivity index (χ1v) is 4.96. The Hall–Kier alpha value is -2.05. The normalized spacial score (nSPS) is 12.3. The molecule has 1 aromatic heterocycles. The van der Waals surface area contributed by atoms with E-state index in [1.807, 2.05) is 0 Å². The zero-order valence-corrected chi connectivity index (χ0v) is 9.48. The number of hydrogen-bond acceptors (Lipinski definition) is 3. The minimum absolute atomic E-state index is 0.469. The van der Waals surface area contributed by atoms with Crippen LogP contribution >= 0.6 is 0 Å². The highest BCUT2D eigenvalue weighted by Gasteiger charge is 2.41. The molecule has 0 spiro atoms. The highest BCUT2D eigenvalue weighted by atomic mass is 19.4. The second-order valence-electron chi connectivity index (χ2n) is 3.62. The number of nitrogens with zero attached hydrogens (tertiary/aromatic N) is 2. The molecule has 0 atom stereocenters. The summed E-state index contributed by atoms with van der Waals surface area (Å²) in [6.45, 7) is -1.65. The number of pyridine rings is 1. The average molecular weight is 301 g/mol. The van der Waals surface area contributed by atoms with Crippen molar-refractivity contribution in [2.24, 2.45) is 0 Å². The molecule has 0 unspecified atom stereocenters. The minimum atomic E-state index is -4.85. The van der Waals surface area contributed by atoms with E-state index in [9.17, 15) is 30.7 Å². The van der Waals surface area contributed by atoms with Gasteiger partial charge in [-0.25, -0.2) is 13.8 Å². The average Bonchev–Trinajstić information content (AvgIpc) is 2.34. The Morgan fingerprint density at radius 3 is 2.25 bits per heavy atom. The number of rotatable bonds is 4. The molecule has 0 aliphatic rings. The molecule has 1 N–H and O–H groups in total. The summed E-state index contributed by atoms with van der Waals surface area (Å²) in [4.78, 5) is 2.94. The van der Waals surface area contributed by atoms with Gasteiger partial charge in [-0.1, -0.05) is 0 Å². The summed E-state index contributed by atoms with van der Waals surface area (Å²) in [6, 6.07) is 2.60. The smallest absolute Gasteiger partial charge is 0.363 e. The molecule has 1 aromatic rings. The number of aromatic nitrogens is 1. The third-order valence-corrected chi connectivity index (χ3v) is 2.12. The van der Waals surface area contributed by atoms with Gasteiger partial charge in [-0.2, -0.15) is 27.2 Å². The van der Waals surface area contributed by atoms with Gasteiger partial charge in [0.2, 0.25) is 0 Å². The SMILES string of the molecule is N#Cc1ccc(C(F)(F)F)nc1NCC(F)(F)C(F)F. The van der Waals surface area contributed by atoms with Crippen molar-refractivity contribution in [3.05, 3.63) is 23.4 Å². The molecule has 0 radical (unpaired) electrons. The Balaban J connectivity index is 3.02. The summed E-state index contributed by atoms with van der Waals surface area (Å²) in [5.41, 5.74) is -1.90. The second-order valence-corrected chi connectivity index (χ2v) is 3.62. The number of halogens is 7. The van der Waals surface area contributed by atoms with Crippen LogP contribution in [0, 0.1) is 11.3 Å². The lowest BCUT2D eigenvalue weighted by molar-refractivity contribution is -0.141. The molecule has 0 aliphatic carbocycles. The summed E-state index contributed by atoms with van der Waals surface area (Å²) in [6.07, 6.45) is -8.85. The quantitative estimate of drug-likeness (QED) is 0.868. The van der Waals surface area contributed by atoms with Gasteiger partial charge in [-0.3, -0.25) is 0 Å². The van der Waals surface area contributed by atoms with E-state index < -0.39 is 42.1 Å². The van der Waals surface area contributed by atoms with Crippen LogP contribution in [0.4, 0.5) is 36.6 Å². The Morgan fingerprint density at radius 1 is 1.20 bits per heavy atom. The molecule has 0 fully saturated rings. The fraction of sp³-hybridized carbons (Fsp3) is 0.400. The van der Waals surface area contributed by atoms with Crippen molar-refractivity contribution in [3.8, 4) is 6.07 Å². The monoisotopic (exact) mass is 301 g/mol. The first-order valence-electron chi connectivity index (χ1n) is 4.96. The maximum atomic E-state index is 12.7. The highest BCUT2D eigenvalue weighted by Crippen LogP contribution is 2.30. The number of anilines is 1. The Morgan fingerprint density at radius 2 is 1.80 bits per heavy atom. The van der Waals surface area contributed by atoms with Crippen LogP contribution < -0.4 is 5.32 Å². The molecular weight excluding hydrogens is 295 g/mol. The first kappa shape index (κ1) is 16.0. The fourth-order valence-corrected chi connectivity index (χ4v) is 1.12. The summed E-state index contributed by atoms with van der Waals surface area (Å²) >= 11 is 0. The van der Waals surface area contributed by atoms with Crippen molar-refractivity contribution in [2.75, 3.05) is 11.9 Å². The Kier molecular flexibility index (Phi) is 4.42. The van der Waals surface area contributed by atoms with Gasteiger partial charge < -0.3 is 5.32 Å². The lowest BCUT2D eigenvalue weighted by Gasteiger charge is -2.17. The van der Waals surface area contributed by atoms with Crippen molar-refractivity contribution in [1.29, 1.82) is 5.26 Å². The second kappa shape index (κ2) is 5.52. The van der Waals surface area contributed by atoms with Gasteiger partial charge in [-0.05, 0) is 12.1 Å². The molecule has 10 heteroatoms. The molecule has 1 rings (SSSR count). The van der Waals surface area contributed by atoms with Crippen LogP contribution in [0.25, 0.3) is 0 Å². The van der Waals surface area contributed by atoms with E-state index in [1.165, 1.54) is 6.07 Å². The zero-order valence-electron chi connectivity index (χ0n) is 9.48. The molecule has 20 heavy (non-hydrogen) atoms. The molecule has 3 nitrogen and oxygen atoms in total. The van der Waals surface area contributed by atoms with Crippen LogP contribution in [0.15, 0.2) is 12.1 Å². The summed E-state index contributed by atoms with van der Waals surface area (Å²) in [5.74, 6) is -5.29. The van der Waals surface area contributed by atoms with Gasteiger partial charge >= 0.3 is 18.5 Å². The lowest BCUT2D eigenvalue weighted by Crippen LogP contribution is -2.35. The maximum Gasteiger partial charge on any atom is 0.433 e. The van der Waals surface area contributed by atoms with E-state index in [-0.39, 0.29) is 0 Å². The molecule has 0 saturated carbocycles. The number of nitriles is 1. The van der Waals surface area contributed by atoms with E-state index >= 15 is 0 Å². The predicted molar refractivity (Wildman–Crippen MR) is 53.4 cm³/mol. The lowest BCUT2D eigenvalue weighted by atomic mass is 10.2. The van der Waals surface area contributed by atoms with Gasteiger partial charge in [0, 0.05) is 0 Å². The first-order chi connectivity index (χ1) is 9.08. The molecule has 0 saturated heterocycles. The number of alkyl halides is 7. The number of hydrogen-bond donors (Lipinski definition) is 1. The molecular formula is C10H6F7N3. The van der Waals surface area contributed by atoms with Crippen LogP contribution in [0.2, 0.25) is 0 Å².